The molecule has 0 bridgehead atoms. The monoisotopic (exact) mass is 457 g/mol. The van der Waals surface area contributed by atoms with Crippen LogP contribution in [0.2, 0.25) is 0 Å². The molecule has 1 heterocycles. The summed E-state index contributed by atoms with van der Waals surface area (Å²) in [6.45, 7) is 13.6. The third kappa shape index (κ3) is 7.51. The second-order valence-corrected chi connectivity index (χ2v) is 9.77. The Labute approximate surface area is 196 Å². The summed E-state index contributed by atoms with van der Waals surface area (Å²) in [7, 11) is 0. The van der Waals surface area contributed by atoms with Crippen molar-refractivity contribution in [2.75, 3.05) is 30.3 Å². The summed E-state index contributed by atoms with van der Waals surface area (Å²) in [4.78, 5) is 41.7. The standard InChI is InChI=1S/C25H39N5O3/c1-16(2)13-29(22-23(26)30(14-17(3)4)25(33)28-24(22)32)15-21(31)27-12-11-19-7-9-20(10-8-19)18(5)6/h7-10,16-18H,11-15,26H2,1-6H3,(H,27,31)(H,28,32,33). The highest BCUT2D eigenvalue weighted by Crippen LogP contribution is 2.19. The molecule has 0 unspecified atom stereocenters. The summed E-state index contributed by atoms with van der Waals surface area (Å²) in [5, 5.41) is 2.94. The number of carbonyl (C=O) groups excluding carboxylic acids is 1. The SMILES string of the molecule is CC(C)CN(CC(=O)NCCc1ccc(C(C)C)cc1)c1c(N)n(CC(C)C)c(=O)[nH]c1=O. The predicted octanol–water partition coefficient (Wildman–Crippen LogP) is 2.72. The van der Waals surface area contributed by atoms with Crippen molar-refractivity contribution >= 4 is 17.4 Å². The summed E-state index contributed by atoms with van der Waals surface area (Å²) in [6.07, 6.45) is 0.719. The number of anilines is 2. The van der Waals surface area contributed by atoms with E-state index in [2.05, 4.69) is 48.4 Å². The minimum absolute atomic E-state index is 0.0162. The molecule has 0 aliphatic heterocycles. The Morgan fingerprint density at radius 2 is 1.70 bits per heavy atom. The molecule has 2 aromatic rings. The van der Waals surface area contributed by atoms with Gasteiger partial charge in [-0.3, -0.25) is 19.1 Å². The van der Waals surface area contributed by atoms with E-state index in [1.54, 1.807) is 4.90 Å². The Kier molecular flexibility index (Phi) is 9.32. The van der Waals surface area contributed by atoms with E-state index in [0.717, 1.165) is 12.0 Å². The molecule has 0 atom stereocenters. The Bertz CT molecular complexity index is 1040. The van der Waals surface area contributed by atoms with Crippen LogP contribution in [0.25, 0.3) is 0 Å². The molecule has 0 saturated heterocycles. The largest absolute Gasteiger partial charge is 0.383 e. The molecule has 4 N–H and O–H groups in total. The first-order valence-corrected chi connectivity index (χ1v) is 11.7. The quantitative estimate of drug-likeness (QED) is 0.480. The highest BCUT2D eigenvalue weighted by atomic mass is 16.2. The van der Waals surface area contributed by atoms with Crippen molar-refractivity contribution in [1.82, 2.24) is 14.9 Å². The third-order valence-corrected chi connectivity index (χ3v) is 5.38. The van der Waals surface area contributed by atoms with Gasteiger partial charge in [-0.25, -0.2) is 4.79 Å². The maximum Gasteiger partial charge on any atom is 0.330 e. The van der Waals surface area contributed by atoms with Gasteiger partial charge in [0.15, 0.2) is 0 Å². The van der Waals surface area contributed by atoms with Crippen LogP contribution in [0.5, 0.6) is 0 Å². The van der Waals surface area contributed by atoms with Crippen LogP contribution in [0, 0.1) is 11.8 Å². The van der Waals surface area contributed by atoms with E-state index in [0.29, 0.717) is 25.6 Å². The van der Waals surface area contributed by atoms with E-state index in [1.807, 2.05) is 27.7 Å². The lowest BCUT2D eigenvalue weighted by atomic mass is 10.0. The molecule has 1 aromatic heterocycles. The van der Waals surface area contributed by atoms with Gasteiger partial charge in [0.1, 0.15) is 11.5 Å². The van der Waals surface area contributed by atoms with Gasteiger partial charge in [0.2, 0.25) is 5.91 Å². The normalized spacial score (nSPS) is 11.4. The first-order chi connectivity index (χ1) is 15.5. The number of benzene rings is 1. The Morgan fingerprint density at radius 1 is 1.06 bits per heavy atom. The Hall–Kier alpha value is -3.03. The number of aromatic amines is 1. The maximum atomic E-state index is 12.7. The average molecular weight is 458 g/mol. The highest BCUT2D eigenvalue weighted by Gasteiger charge is 2.22. The molecule has 8 nitrogen and oxygen atoms in total. The van der Waals surface area contributed by atoms with E-state index >= 15 is 0 Å². The van der Waals surface area contributed by atoms with Gasteiger partial charge in [0, 0.05) is 19.6 Å². The first-order valence-electron chi connectivity index (χ1n) is 11.7. The van der Waals surface area contributed by atoms with Gasteiger partial charge < -0.3 is 16.0 Å². The van der Waals surface area contributed by atoms with Gasteiger partial charge in [-0.15, -0.1) is 0 Å². The number of aromatic nitrogens is 2. The molecule has 182 valence electrons. The van der Waals surface area contributed by atoms with Crippen molar-refractivity contribution in [3.05, 3.63) is 56.2 Å². The number of carbonyl (C=O) groups is 1. The van der Waals surface area contributed by atoms with Crippen molar-refractivity contribution in [2.45, 2.75) is 60.4 Å². The van der Waals surface area contributed by atoms with Crippen molar-refractivity contribution in [3.63, 3.8) is 0 Å². The van der Waals surface area contributed by atoms with Crippen LogP contribution in [-0.2, 0) is 17.8 Å². The van der Waals surface area contributed by atoms with Crippen LogP contribution in [0.3, 0.4) is 0 Å². The predicted molar refractivity (Wildman–Crippen MR) is 135 cm³/mol. The molecule has 8 heteroatoms. The zero-order valence-corrected chi connectivity index (χ0v) is 20.8. The van der Waals surface area contributed by atoms with Gasteiger partial charge in [0.05, 0.1) is 6.54 Å². The van der Waals surface area contributed by atoms with Crippen LogP contribution in [0.4, 0.5) is 11.5 Å². The van der Waals surface area contributed by atoms with Crippen molar-refractivity contribution in [1.29, 1.82) is 0 Å². The second-order valence-electron chi connectivity index (χ2n) is 9.77. The molecule has 1 aromatic carbocycles. The first kappa shape index (κ1) is 26.2. The van der Waals surface area contributed by atoms with Crippen LogP contribution in [0.15, 0.2) is 33.9 Å². The van der Waals surface area contributed by atoms with E-state index in [9.17, 15) is 14.4 Å². The van der Waals surface area contributed by atoms with Crippen molar-refractivity contribution in [2.24, 2.45) is 11.8 Å². The highest BCUT2D eigenvalue weighted by molar-refractivity contribution is 5.82. The molecule has 0 fully saturated rings. The number of nitrogens with two attached hydrogens (primary N) is 1. The Balaban J connectivity index is 2.13. The van der Waals surface area contributed by atoms with Crippen LogP contribution >= 0.6 is 0 Å². The number of H-pyrrole nitrogens is 1. The molecule has 2 rings (SSSR count). The van der Waals surface area contributed by atoms with Gasteiger partial charge in [-0.1, -0.05) is 65.8 Å². The minimum atomic E-state index is -0.573. The minimum Gasteiger partial charge on any atom is -0.383 e. The number of nitrogens with zero attached hydrogens (tertiary/aromatic N) is 2. The summed E-state index contributed by atoms with van der Waals surface area (Å²) in [5.74, 6) is 0.726. The fraction of sp³-hybridized carbons (Fsp3) is 0.560. The topological polar surface area (TPSA) is 113 Å². The lowest BCUT2D eigenvalue weighted by Gasteiger charge is -2.27. The number of hydrogen-bond acceptors (Lipinski definition) is 5. The molecule has 1 amide bonds. The zero-order chi connectivity index (χ0) is 24.7. The zero-order valence-electron chi connectivity index (χ0n) is 20.8. The van der Waals surface area contributed by atoms with E-state index < -0.39 is 11.2 Å². The summed E-state index contributed by atoms with van der Waals surface area (Å²) in [5.41, 5.74) is 7.77. The number of nitrogen functional groups attached to an aromatic ring is 1. The second kappa shape index (κ2) is 11.7. The number of nitrogens with one attached hydrogen (secondary N) is 2. The van der Waals surface area contributed by atoms with Gasteiger partial charge >= 0.3 is 5.69 Å². The molecular weight excluding hydrogens is 418 g/mol. The van der Waals surface area contributed by atoms with Crippen LogP contribution in [0.1, 0.15) is 58.6 Å². The van der Waals surface area contributed by atoms with E-state index in [-0.39, 0.29) is 35.8 Å². The Morgan fingerprint density at radius 3 is 2.24 bits per heavy atom. The molecular formula is C25H39N5O3. The fourth-order valence-electron chi connectivity index (χ4n) is 3.75. The van der Waals surface area contributed by atoms with Crippen molar-refractivity contribution in [3.8, 4) is 0 Å². The molecule has 0 aliphatic rings. The molecule has 0 aliphatic carbocycles. The molecule has 0 spiro atoms. The van der Waals surface area contributed by atoms with E-state index in [4.69, 9.17) is 5.73 Å². The van der Waals surface area contributed by atoms with Gasteiger partial charge in [-0.2, -0.15) is 0 Å². The summed E-state index contributed by atoms with van der Waals surface area (Å²) < 4.78 is 1.37. The van der Waals surface area contributed by atoms with Crippen LogP contribution in [-0.4, -0.2) is 35.1 Å². The van der Waals surface area contributed by atoms with Gasteiger partial charge in [-0.05, 0) is 35.3 Å². The van der Waals surface area contributed by atoms with Gasteiger partial charge in [0.25, 0.3) is 5.56 Å². The number of rotatable bonds is 11. The maximum absolute atomic E-state index is 12.7. The number of amides is 1. The smallest absolute Gasteiger partial charge is 0.330 e. The van der Waals surface area contributed by atoms with Crippen LogP contribution < -0.4 is 27.2 Å². The summed E-state index contributed by atoms with van der Waals surface area (Å²) in [6, 6.07) is 8.41. The third-order valence-electron chi connectivity index (χ3n) is 5.38. The van der Waals surface area contributed by atoms with E-state index in [1.165, 1.54) is 10.1 Å². The molecule has 0 radical (unpaired) electrons. The number of hydrogen-bond donors (Lipinski definition) is 3. The molecule has 33 heavy (non-hydrogen) atoms. The average Bonchev–Trinajstić information content (AvgIpc) is 2.70. The fourth-order valence-corrected chi connectivity index (χ4v) is 3.75. The summed E-state index contributed by atoms with van der Waals surface area (Å²) >= 11 is 0. The lowest BCUT2D eigenvalue weighted by Crippen LogP contribution is -2.44. The van der Waals surface area contributed by atoms with Crippen molar-refractivity contribution < 1.29 is 4.79 Å². The molecule has 0 saturated carbocycles. The lowest BCUT2D eigenvalue weighted by molar-refractivity contribution is -0.119.